The second-order valence-electron chi connectivity index (χ2n) is 11.1. The summed E-state index contributed by atoms with van der Waals surface area (Å²) in [5, 5.41) is 0. The van der Waals surface area contributed by atoms with Crippen molar-refractivity contribution in [1.82, 2.24) is 0 Å². The Morgan fingerprint density at radius 1 is 0.742 bits per heavy atom. The van der Waals surface area contributed by atoms with Gasteiger partial charge in [-0.15, -0.1) is 0 Å². The molecule has 0 unspecified atom stereocenters. The molecule has 4 heterocycles. The maximum Gasteiger partial charge on any atom is 0.306 e. The van der Waals surface area contributed by atoms with Crippen molar-refractivity contribution in [1.29, 1.82) is 0 Å². The minimum atomic E-state index is 0. The van der Waals surface area contributed by atoms with Crippen LogP contribution in [0.3, 0.4) is 0 Å². The quantitative estimate of drug-likeness (QED) is 0.278. The monoisotopic (exact) mass is 564 g/mol. The van der Waals surface area contributed by atoms with Crippen molar-refractivity contribution in [2.75, 3.05) is 52.4 Å². The van der Waals surface area contributed by atoms with Crippen LogP contribution in [0.4, 0.5) is 0 Å². The molecular weight excluding hydrogens is 520 g/mol. The van der Waals surface area contributed by atoms with Crippen LogP contribution in [0.2, 0.25) is 0 Å². The first-order valence-corrected chi connectivity index (χ1v) is 13.0. The molecule has 0 aromatic heterocycles. The van der Waals surface area contributed by atoms with Gasteiger partial charge >= 0.3 is 5.97 Å². The lowest BCUT2D eigenvalue weighted by atomic mass is 9.84. The van der Waals surface area contributed by atoms with Gasteiger partial charge in [-0.1, -0.05) is 6.92 Å². The highest BCUT2D eigenvalue weighted by Gasteiger charge is 2.39. The van der Waals surface area contributed by atoms with E-state index < -0.39 is 0 Å². The minimum absolute atomic E-state index is 0. The summed E-state index contributed by atoms with van der Waals surface area (Å²) < 4.78 is 8.89. The average Bonchev–Trinajstić information content (AvgIpc) is 3.36. The average molecular weight is 566 g/mol. The van der Waals surface area contributed by atoms with Crippen LogP contribution in [0.5, 0.6) is 0 Å². The van der Waals surface area contributed by atoms with Gasteiger partial charge < -0.3 is 47.7 Å². The fourth-order valence-electron chi connectivity index (χ4n) is 7.10. The fraction of sp³-hybridized carbons (Fsp3) is 0.960. The Bertz CT molecular complexity index is 490. The van der Waals surface area contributed by atoms with Gasteiger partial charge in [0.25, 0.3) is 0 Å². The molecule has 0 aromatic carbocycles. The number of nitrogens with zero attached hydrogens (tertiary/aromatic N) is 2. The molecule has 4 nitrogen and oxygen atoms in total. The number of halogens is 2. The molecule has 0 N–H and O–H groups in total. The standard InChI is InChI=1S/C25H46N2O2.2BrH/c1-2-7-25(28)29-24(20-22-8-16-26(17-9-22)12-3-4-13-26)21-23-10-18-27(19-11-23)14-5-6-15-27;;/h22-24H,2-21H2,1H3;2*1H/q+2;;/p-2. The van der Waals surface area contributed by atoms with Crippen molar-refractivity contribution in [2.24, 2.45) is 11.8 Å². The van der Waals surface area contributed by atoms with Crippen molar-refractivity contribution in [3.05, 3.63) is 0 Å². The normalized spacial score (nSPS) is 28.1. The van der Waals surface area contributed by atoms with Gasteiger partial charge in [-0.05, 0) is 56.8 Å². The van der Waals surface area contributed by atoms with Crippen LogP contribution in [-0.2, 0) is 9.53 Å². The zero-order valence-electron chi connectivity index (χ0n) is 19.8. The van der Waals surface area contributed by atoms with Gasteiger partial charge in [0.1, 0.15) is 6.10 Å². The Labute approximate surface area is 212 Å². The van der Waals surface area contributed by atoms with Crippen LogP contribution in [0, 0.1) is 11.8 Å². The molecular formula is C25H46Br2N2O2. The number of rotatable bonds is 7. The molecule has 0 aromatic rings. The van der Waals surface area contributed by atoms with E-state index in [0.29, 0.717) is 6.42 Å². The topological polar surface area (TPSA) is 26.3 Å². The number of piperidine rings is 2. The molecule has 4 rings (SSSR count). The van der Waals surface area contributed by atoms with Crippen molar-refractivity contribution in [2.45, 2.75) is 90.1 Å². The van der Waals surface area contributed by atoms with Gasteiger partial charge in [0, 0.05) is 32.1 Å². The van der Waals surface area contributed by atoms with Crippen molar-refractivity contribution in [3.63, 3.8) is 0 Å². The molecule has 0 aliphatic carbocycles. The van der Waals surface area contributed by atoms with Gasteiger partial charge in [0.05, 0.1) is 52.4 Å². The lowest BCUT2D eigenvalue weighted by molar-refractivity contribution is -0.922. The van der Waals surface area contributed by atoms with E-state index in [4.69, 9.17) is 4.74 Å². The Hall–Kier alpha value is 0.350. The summed E-state index contributed by atoms with van der Waals surface area (Å²) in [6.45, 7) is 13.3. The highest BCUT2D eigenvalue weighted by atomic mass is 79.9. The lowest BCUT2D eigenvalue weighted by Gasteiger charge is -2.42. The third-order valence-corrected chi connectivity index (χ3v) is 9.02. The van der Waals surface area contributed by atoms with Crippen LogP contribution >= 0.6 is 0 Å². The van der Waals surface area contributed by atoms with Gasteiger partial charge in [0.15, 0.2) is 0 Å². The highest BCUT2D eigenvalue weighted by Crippen LogP contribution is 2.35. The number of esters is 1. The van der Waals surface area contributed by atoms with Gasteiger partial charge in [-0.25, -0.2) is 0 Å². The summed E-state index contributed by atoms with van der Waals surface area (Å²) in [5.41, 5.74) is 0. The predicted octanol–water partition coefficient (Wildman–Crippen LogP) is -1.47. The molecule has 0 amide bonds. The van der Waals surface area contributed by atoms with Crippen LogP contribution in [0.1, 0.15) is 84.0 Å². The van der Waals surface area contributed by atoms with Crippen molar-refractivity contribution < 1.29 is 52.5 Å². The molecule has 0 atom stereocenters. The van der Waals surface area contributed by atoms with E-state index in [1.165, 1.54) is 113 Å². The first kappa shape index (κ1) is 27.6. The Balaban J connectivity index is 0.00000171. The molecule has 4 aliphatic rings. The summed E-state index contributed by atoms with van der Waals surface area (Å²) in [4.78, 5) is 12.3. The highest BCUT2D eigenvalue weighted by molar-refractivity contribution is 5.69. The number of hydrogen-bond acceptors (Lipinski definition) is 2. The predicted molar refractivity (Wildman–Crippen MR) is 117 cm³/mol. The van der Waals surface area contributed by atoms with Gasteiger partial charge in [0.2, 0.25) is 0 Å². The summed E-state index contributed by atoms with van der Waals surface area (Å²) in [7, 11) is 0. The first-order chi connectivity index (χ1) is 14.1. The van der Waals surface area contributed by atoms with Crippen molar-refractivity contribution in [3.8, 4) is 0 Å². The molecule has 0 bridgehead atoms. The summed E-state index contributed by atoms with van der Waals surface area (Å²) in [6.07, 6.45) is 15.1. The second-order valence-corrected chi connectivity index (χ2v) is 11.1. The number of carbonyl (C=O) groups is 1. The van der Waals surface area contributed by atoms with E-state index in [1.54, 1.807) is 0 Å². The largest absolute Gasteiger partial charge is 1.00 e. The number of quaternary nitrogens is 2. The SMILES string of the molecule is CCCC(=O)OC(CC1CC[N+]2(CCCC2)CC1)CC1CC[N+]2(CCCC2)CC1.[Br-].[Br-]. The van der Waals surface area contributed by atoms with Crippen LogP contribution in [0.25, 0.3) is 0 Å². The van der Waals surface area contributed by atoms with E-state index in [0.717, 1.165) is 31.1 Å². The first-order valence-electron chi connectivity index (χ1n) is 13.0. The van der Waals surface area contributed by atoms with E-state index >= 15 is 0 Å². The fourth-order valence-corrected chi connectivity index (χ4v) is 7.10. The van der Waals surface area contributed by atoms with E-state index in [9.17, 15) is 4.79 Å². The molecule has 31 heavy (non-hydrogen) atoms. The Kier molecular flexibility index (Phi) is 11.3. The zero-order chi connectivity index (χ0) is 20.2. The molecule has 4 fully saturated rings. The molecule has 182 valence electrons. The Morgan fingerprint density at radius 2 is 1.13 bits per heavy atom. The molecule has 0 saturated carbocycles. The van der Waals surface area contributed by atoms with Gasteiger partial charge in [-0.2, -0.15) is 0 Å². The van der Waals surface area contributed by atoms with Crippen LogP contribution < -0.4 is 34.0 Å². The summed E-state index contributed by atoms with van der Waals surface area (Å²) in [6, 6.07) is 0. The lowest BCUT2D eigenvalue weighted by Crippen LogP contribution is -3.00. The van der Waals surface area contributed by atoms with Gasteiger partial charge in [-0.3, -0.25) is 4.79 Å². The van der Waals surface area contributed by atoms with Crippen LogP contribution in [-0.4, -0.2) is 73.4 Å². The number of ether oxygens (including phenoxy) is 1. The van der Waals surface area contributed by atoms with E-state index in [-0.39, 0.29) is 46.0 Å². The molecule has 4 aliphatic heterocycles. The third-order valence-electron chi connectivity index (χ3n) is 9.02. The molecule has 4 saturated heterocycles. The van der Waals surface area contributed by atoms with Crippen LogP contribution in [0.15, 0.2) is 0 Å². The third kappa shape index (κ3) is 7.42. The number of carbonyl (C=O) groups excluding carboxylic acids is 1. The van der Waals surface area contributed by atoms with E-state index in [2.05, 4.69) is 6.92 Å². The smallest absolute Gasteiger partial charge is 0.306 e. The maximum atomic E-state index is 12.3. The number of hydrogen-bond donors (Lipinski definition) is 0. The Morgan fingerprint density at radius 3 is 1.48 bits per heavy atom. The minimum Gasteiger partial charge on any atom is -1.00 e. The summed E-state index contributed by atoms with van der Waals surface area (Å²) in [5.74, 6) is 1.61. The maximum absolute atomic E-state index is 12.3. The second kappa shape index (κ2) is 12.7. The zero-order valence-corrected chi connectivity index (χ0v) is 23.0. The van der Waals surface area contributed by atoms with E-state index in [1.807, 2.05) is 0 Å². The van der Waals surface area contributed by atoms with Crippen molar-refractivity contribution >= 4 is 5.97 Å². The molecule has 6 heteroatoms. The summed E-state index contributed by atoms with van der Waals surface area (Å²) >= 11 is 0. The molecule has 2 spiro atoms. The molecule has 0 radical (unpaired) electrons.